The molecule has 0 N–H and O–H groups in total. The lowest BCUT2D eigenvalue weighted by molar-refractivity contribution is 0.627. The average Bonchev–Trinajstić information content (AvgIpc) is 2.70. The van der Waals surface area contributed by atoms with Gasteiger partial charge >= 0.3 is 0 Å². The number of benzene rings is 1. The Morgan fingerprint density at radius 2 is 2.27 bits per heavy atom. The fourth-order valence-corrected chi connectivity index (χ4v) is 2.50. The molecule has 1 aromatic carbocycles. The third-order valence-corrected chi connectivity index (χ3v) is 3.38. The van der Waals surface area contributed by atoms with Crippen molar-refractivity contribution in [2.24, 2.45) is 11.8 Å². The van der Waals surface area contributed by atoms with Gasteiger partial charge in [-0.05, 0) is 29.7 Å². The molecule has 0 spiro atoms. The SMILES string of the molecule is [C-]#[N+][C@@H]1[C@H]2C=C(c3cccc(F)c3)C[C@H]21. The van der Waals surface area contributed by atoms with Gasteiger partial charge in [-0.15, -0.1) is 0 Å². The molecule has 74 valence electrons. The van der Waals surface area contributed by atoms with Crippen LogP contribution in [0.5, 0.6) is 0 Å². The highest BCUT2D eigenvalue weighted by Gasteiger charge is 2.59. The Bertz CT molecular complexity index is 484. The summed E-state index contributed by atoms with van der Waals surface area (Å²) in [6.45, 7) is 6.96. The van der Waals surface area contributed by atoms with Gasteiger partial charge in [-0.25, -0.2) is 11.0 Å². The van der Waals surface area contributed by atoms with Crippen molar-refractivity contribution in [3.8, 4) is 0 Å². The number of hydrogen-bond donors (Lipinski definition) is 0. The second-order valence-corrected chi connectivity index (χ2v) is 4.27. The molecule has 3 rings (SSSR count). The zero-order valence-electron chi connectivity index (χ0n) is 8.15. The first-order valence-corrected chi connectivity index (χ1v) is 5.13. The largest absolute Gasteiger partial charge is 0.313 e. The number of rotatable bonds is 1. The van der Waals surface area contributed by atoms with Gasteiger partial charge in [0.25, 0.3) is 0 Å². The average molecular weight is 199 g/mol. The predicted molar refractivity (Wildman–Crippen MR) is 56.4 cm³/mol. The molecule has 0 aliphatic heterocycles. The van der Waals surface area contributed by atoms with Crippen molar-refractivity contribution < 1.29 is 4.39 Å². The fourth-order valence-electron chi connectivity index (χ4n) is 2.50. The topological polar surface area (TPSA) is 4.36 Å². The second-order valence-electron chi connectivity index (χ2n) is 4.27. The van der Waals surface area contributed by atoms with Crippen molar-refractivity contribution in [3.05, 3.63) is 53.1 Å². The quantitative estimate of drug-likeness (QED) is 0.612. The Morgan fingerprint density at radius 1 is 1.40 bits per heavy atom. The van der Waals surface area contributed by atoms with E-state index in [9.17, 15) is 4.39 Å². The van der Waals surface area contributed by atoms with Gasteiger partial charge in [0.15, 0.2) is 0 Å². The minimum absolute atomic E-state index is 0.185. The molecule has 2 heteroatoms. The minimum Gasteiger partial charge on any atom is -0.313 e. The smallest absolute Gasteiger partial charge is 0.234 e. The molecule has 0 unspecified atom stereocenters. The third-order valence-electron chi connectivity index (χ3n) is 3.38. The van der Waals surface area contributed by atoms with E-state index in [0.717, 1.165) is 12.0 Å². The lowest BCUT2D eigenvalue weighted by atomic mass is 10.0. The van der Waals surface area contributed by atoms with Crippen LogP contribution in [0.25, 0.3) is 10.4 Å². The molecule has 0 amide bonds. The molecule has 15 heavy (non-hydrogen) atoms. The van der Waals surface area contributed by atoms with Crippen molar-refractivity contribution in [2.75, 3.05) is 0 Å². The van der Waals surface area contributed by atoms with E-state index in [0.29, 0.717) is 11.8 Å². The van der Waals surface area contributed by atoms with Gasteiger partial charge in [0.05, 0.1) is 11.8 Å². The maximum atomic E-state index is 13.0. The van der Waals surface area contributed by atoms with E-state index in [-0.39, 0.29) is 11.9 Å². The molecule has 0 radical (unpaired) electrons. The maximum Gasteiger partial charge on any atom is 0.234 e. The summed E-state index contributed by atoms with van der Waals surface area (Å²) in [7, 11) is 0. The highest BCUT2D eigenvalue weighted by Crippen LogP contribution is 2.54. The summed E-state index contributed by atoms with van der Waals surface area (Å²) in [5.41, 5.74) is 2.19. The van der Waals surface area contributed by atoms with Crippen LogP contribution in [0.4, 0.5) is 4.39 Å². The van der Waals surface area contributed by atoms with Gasteiger partial charge in [-0.3, -0.25) is 0 Å². The summed E-state index contributed by atoms with van der Waals surface area (Å²) >= 11 is 0. The van der Waals surface area contributed by atoms with Crippen LogP contribution < -0.4 is 0 Å². The van der Waals surface area contributed by atoms with Crippen molar-refractivity contribution in [2.45, 2.75) is 12.5 Å². The molecule has 0 bridgehead atoms. The van der Waals surface area contributed by atoms with Crippen molar-refractivity contribution in [1.29, 1.82) is 0 Å². The zero-order valence-corrected chi connectivity index (χ0v) is 8.15. The third kappa shape index (κ3) is 1.27. The minimum atomic E-state index is -0.185. The highest BCUT2D eigenvalue weighted by atomic mass is 19.1. The summed E-state index contributed by atoms with van der Waals surface area (Å²) in [6, 6.07) is 6.92. The van der Waals surface area contributed by atoms with Gasteiger partial charge in [0.2, 0.25) is 6.04 Å². The van der Waals surface area contributed by atoms with Gasteiger partial charge in [-0.1, -0.05) is 18.2 Å². The van der Waals surface area contributed by atoms with E-state index in [4.69, 9.17) is 6.57 Å². The van der Waals surface area contributed by atoms with Crippen LogP contribution in [0.15, 0.2) is 30.3 Å². The Kier molecular flexibility index (Phi) is 1.70. The van der Waals surface area contributed by atoms with Crippen LogP contribution in [-0.2, 0) is 0 Å². The van der Waals surface area contributed by atoms with E-state index in [2.05, 4.69) is 10.9 Å². The second kappa shape index (κ2) is 2.93. The summed E-state index contributed by atoms with van der Waals surface area (Å²) in [5, 5.41) is 0. The van der Waals surface area contributed by atoms with Crippen LogP contribution in [-0.4, -0.2) is 6.04 Å². The molecular weight excluding hydrogens is 189 g/mol. The first-order valence-electron chi connectivity index (χ1n) is 5.13. The van der Waals surface area contributed by atoms with Crippen molar-refractivity contribution in [1.82, 2.24) is 0 Å². The summed E-state index contributed by atoms with van der Waals surface area (Å²) in [6.07, 6.45) is 3.10. The predicted octanol–water partition coefficient (Wildman–Crippen LogP) is 3.15. The van der Waals surface area contributed by atoms with Crippen molar-refractivity contribution in [3.63, 3.8) is 0 Å². The number of halogens is 1. The van der Waals surface area contributed by atoms with Gasteiger partial charge in [0.1, 0.15) is 5.82 Å². The van der Waals surface area contributed by atoms with E-state index >= 15 is 0 Å². The molecule has 0 aromatic heterocycles. The van der Waals surface area contributed by atoms with E-state index in [1.807, 2.05) is 6.07 Å². The van der Waals surface area contributed by atoms with E-state index in [1.54, 1.807) is 12.1 Å². The maximum absolute atomic E-state index is 13.0. The molecule has 1 aromatic rings. The Morgan fingerprint density at radius 3 is 2.87 bits per heavy atom. The number of allylic oxidation sites excluding steroid dienone is 1. The lowest BCUT2D eigenvalue weighted by Crippen LogP contribution is -1.89. The van der Waals surface area contributed by atoms with E-state index in [1.165, 1.54) is 11.6 Å². The number of fused-ring (bicyclic) bond motifs is 1. The van der Waals surface area contributed by atoms with Crippen LogP contribution >= 0.6 is 0 Å². The normalized spacial score (nSPS) is 31.7. The standard InChI is InChI=1S/C13H10FN/c1-15-13-11-6-9(7-12(11)13)8-3-2-4-10(14)5-8/h2-6,11-13H,7H2/t11-,12+,13+/m0/s1. The molecule has 2 aliphatic rings. The molecular formula is C13H10FN. The lowest BCUT2D eigenvalue weighted by Gasteiger charge is -2.03. The molecule has 3 atom stereocenters. The first-order chi connectivity index (χ1) is 7.29. The van der Waals surface area contributed by atoms with Crippen LogP contribution in [0.2, 0.25) is 0 Å². The van der Waals surface area contributed by atoms with Gasteiger partial charge in [-0.2, -0.15) is 0 Å². The molecule has 1 fully saturated rings. The monoisotopic (exact) mass is 199 g/mol. The van der Waals surface area contributed by atoms with Crippen LogP contribution in [0, 0.1) is 24.2 Å². The first kappa shape index (κ1) is 8.67. The fraction of sp³-hybridized carbons (Fsp3) is 0.308. The molecule has 1 saturated carbocycles. The highest BCUT2D eigenvalue weighted by molar-refractivity contribution is 5.70. The van der Waals surface area contributed by atoms with Crippen LogP contribution in [0.1, 0.15) is 12.0 Å². The zero-order chi connectivity index (χ0) is 10.4. The Labute approximate surface area is 88.1 Å². The Balaban J connectivity index is 1.87. The molecule has 0 heterocycles. The van der Waals surface area contributed by atoms with Gasteiger partial charge < -0.3 is 4.85 Å². The Hall–Kier alpha value is -1.62. The summed E-state index contributed by atoms with van der Waals surface area (Å²) in [4.78, 5) is 3.56. The number of nitrogens with zero attached hydrogens (tertiary/aromatic N) is 1. The van der Waals surface area contributed by atoms with E-state index < -0.39 is 0 Å². The number of hydrogen-bond acceptors (Lipinski definition) is 0. The molecule has 0 saturated heterocycles. The van der Waals surface area contributed by atoms with Crippen LogP contribution in [0.3, 0.4) is 0 Å². The van der Waals surface area contributed by atoms with Crippen molar-refractivity contribution >= 4 is 5.57 Å². The van der Waals surface area contributed by atoms with Gasteiger partial charge in [0, 0.05) is 0 Å². The molecule has 1 nitrogen and oxygen atoms in total. The summed E-state index contributed by atoms with van der Waals surface area (Å²) < 4.78 is 13.0. The summed E-state index contributed by atoms with van der Waals surface area (Å²) in [5.74, 6) is 0.775. The molecule has 2 aliphatic carbocycles.